The molecule has 0 bridgehead atoms. The summed E-state index contributed by atoms with van der Waals surface area (Å²) in [7, 11) is 0. The average molecular weight is 383 g/mol. The number of para-hydroxylation sites is 1. The molecule has 6 nitrogen and oxygen atoms in total. The van der Waals surface area contributed by atoms with Gasteiger partial charge in [0.25, 0.3) is 0 Å². The minimum absolute atomic E-state index is 0.0226. The number of carbonyl (C=O) groups excluding carboxylic acids is 1. The fourth-order valence-corrected chi connectivity index (χ4v) is 2.79. The summed E-state index contributed by atoms with van der Waals surface area (Å²) in [5.74, 6) is 0.164. The van der Waals surface area contributed by atoms with Crippen LogP contribution in [0.5, 0.6) is 5.75 Å². The molecular weight excluding hydrogens is 357 g/mol. The molecule has 0 unspecified atom stereocenters. The number of thiocarbonyl (C=S) groups is 1. The molecule has 0 saturated carbocycles. The van der Waals surface area contributed by atoms with Crippen LogP contribution >= 0.6 is 12.2 Å². The van der Waals surface area contributed by atoms with Gasteiger partial charge >= 0.3 is 6.09 Å². The predicted octanol–water partition coefficient (Wildman–Crippen LogP) is 3.51. The molecule has 1 aliphatic heterocycles. The Morgan fingerprint density at radius 3 is 2.62 bits per heavy atom. The van der Waals surface area contributed by atoms with Crippen LogP contribution in [-0.2, 0) is 4.74 Å². The molecule has 0 atom stereocenters. The Hall–Kier alpha value is -2.09. The first-order valence-corrected chi connectivity index (χ1v) is 9.02. The largest absolute Gasteiger partial charge is 0.491 e. The van der Waals surface area contributed by atoms with Crippen molar-refractivity contribution in [2.24, 2.45) is 11.7 Å². The van der Waals surface area contributed by atoms with E-state index in [4.69, 9.17) is 27.4 Å². The summed E-state index contributed by atoms with van der Waals surface area (Å²) >= 11 is 4.78. The van der Waals surface area contributed by atoms with E-state index in [-0.39, 0.29) is 22.8 Å². The molecular formula is C18H26FN3O3S. The second-order valence-corrected chi connectivity index (χ2v) is 7.76. The number of nitrogens with two attached hydrogens (primary N) is 1. The number of likely N-dealkylation sites (tertiary alicyclic amines) is 1. The fraction of sp³-hybridized carbons (Fsp3) is 0.556. The van der Waals surface area contributed by atoms with Gasteiger partial charge in [0.1, 0.15) is 17.0 Å². The number of halogens is 1. The van der Waals surface area contributed by atoms with Crippen LogP contribution in [-0.4, -0.2) is 41.4 Å². The number of nitrogens with one attached hydrogen (secondary N) is 1. The van der Waals surface area contributed by atoms with Crippen LogP contribution < -0.4 is 15.8 Å². The molecule has 26 heavy (non-hydrogen) atoms. The van der Waals surface area contributed by atoms with E-state index < -0.39 is 11.4 Å². The van der Waals surface area contributed by atoms with E-state index in [9.17, 15) is 9.18 Å². The zero-order valence-electron chi connectivity index (χ0n) is 15.4. The van der Waals surface area contributed by atoms with Gasteiger partial charge in [-0.05, 0) is 63.9 Å². The summed E-state index contributed by atoms with van der Waals surface area (Å²) in [6.45, 7) is 7.21. The lowest BCUT2D eigenvalue weighted by molar-refractivity contribution is 0.0165. The topological polar surface area (TPSA) is 76.8 Å². The number of ether oxygens (including phenoxy) is 2. The van der Waals surface area contributed by atoms with Crippen molar-refractivity contribution in [2.45, 2.75) is 39.2 Å². The lowest BCUT2D eigenvalue weighted by Crippen LogP contribution is -2.42. The molecule has 0 aromatic heterocycles. The number of amides is 1. The van der Waals surface area contributed by atoms with Gasteiger partial charge in [-0.15, -0.1) is 0 Å². The van der Waals surface area contributed by atoms with Gasteiger partial charge in [-0.25, -0.2) is 9.18 Å². The first kappa shape index (κ1) is 20.2. The van der Waals surface area contributed by atoms with E-state index in [1.54, 1.807) is 17.0 Å². The molecule has 1 saturated heterocycles. The molecule has 1 aromatic carbocycles. The second-order valence-electron chi connectivity index (χ2n) is 7.32. The third kappa shape index (κ3) is 6.01. The molecule has 144 valence electrons. The zero-order valence-corrected chi connectivity index (χ0v) is 16.2. The Morgan fingerprint density at radius 1 is 1.38 bits per heavy atom. The summed E-state index contributed by atoms with van der Waals surface area (Å²) in [5, 5.41) is 2.59. The maximum atomic E-state index is 13.9. The first-order chi connectivity index (χ1) is 12.2. The van der Waals surface area contributed by atoms with Gasteiger partial charge in [-0.3, -0.25) is 0 Å². The smallest absolute Gasteiger partial charge is 0.410 e. The van der Waals surface area contributed by atoms with E-state index in [2.05, 4.69) is 5.32 Å². The van der Waals surface area contributed by atoms with E-state index in [0.29, 0.717) is 25.4 Å². The van der Waals surface area contributed by atoms with Crippen LogP contribution in [0.25, 0.3) is 0 Å². The lowest BCUT2D eigenvalue weighted by Gasteiger charge is -2.33. The summed E-state index contributed by atoms with van der Waals surface area (Å²) < 4.78 is 25.1. The third-order valence-corrected chi connectivity index (χ3v) is 4.07. The Balaban J connectivity index is 1.86. The number of hydrogen-bond acceptors (Lipinski definition) is 4. The van der Waals surface area contributed by atoms with E-state index in [0.717, 1.165) is 12.8 Å². The highest BCUT2D eigenvalue weighted by Gasteiger charge is 2.27. The number of anilines is 1. The Kier molecular flexibility index (Phi) is 6.63. The third-order valence-electron chi connectivity index (χ3n) is 3.96. The van der Waals surface area contributed by atoms with Gasteiger partial charge in [0.2, 0.25) is 0 Å². The van der Waals surface area contributed by atoms with Crippen molar-refractivity contribution in [1.82, 2.24) is 4.90 Å². The molecule has 1 fully saturated rings. The van der Waals surface area contributed by atoms with E-state index in [1.165, 1.54) is 6.07 Å². The van der Waals surface area contributed by atoms with Gasteiger partial charge in [0, 0.05) is 13.1 Å². The quantitative estimate of drug-likeness (QED) is 0.775. The van der Waals surface area contributed by atoms with Crippen molar-refractivity contribution in [2.75, 3.05) is 25.0 Å². The molecule has 8 heteroatoms. The summed E-state index contributed by atoms with van der Waals surface area (Å²) in [6, 6.07) is 4.55. The molecule has 2 rings (SSSR count). The van der Waals surface area contributed by atoms with Crippen LogP contribution in [0.2, 0.25) is 0 Å². The average Bonchev–Trinajstić information content (AvgIpc) is 2.54. The maximum absolute atomic E-state index is 13.9. The van der Waals surface area contributed by atoms with Gasteiger partial charge < -0.3 is 25.4 Å². The highest BCUT2D eigenvalue weighted by molar-refractivity contribution is 7.80. The number of nitrogens with zero attached hydrogens (tertiary/aromatic N) is 1. The fourth-order valence-electron chi connectivity index (χ4n) is 2.69. The van der Waals surface area contributed by atoms with E-state index in [1.807, 2.05) is 20.8 Å². The molecule has 1 heterocycles. The van der Waals surface area contributed by atoms with Crippen molar-refractivity contribution >= 4 is 29.1 Å². The minimum atomic E-state index is -0.499. The summed E-state index contributed by atoms with van der Waals surface area (Å²) in [4.78, 5) is 13.8. The Bertz CT molecular complexity index is 656. The normalized spacial score (nSPS) is 15.5. The van der Waals surface area contributed by atoms with Gasteiger partial charge in [-0.2, -0.15) is 0 Å². The highest BCUT2D eigenvalue weighted by Crippen LogP contribution is 2.29. The van der Waals surface area contributed by atoms with E-state index >= 15 is 0 Å². The zero-order chi connectivity index (χ0) is 19.3. The number of benzene rings is 1. The molecule has 0 radical (unpaired) electrons. The van der Waals surface area contributed by atoms with Crippen molar-refractivity contribution in [3.8, 4) is 5.75 Å². The number of rotatable bonds is 4. The van der Waals surface area contributed by atoms with Crippen LogP contribution in [0.3, 0.4) is 0 Å². The Labute approximate surface area is 158 Å². The van der Waals surface area contributed by atoms with Crippen molar-refractivity contribution in [3.05, 3.63) is 24.0 Å². The molecule has 3 N–H and O–H groups in total. The summed E-state index contributed by atoms with van der Waals surface area (Å²) in [5.41, 5.74) is 5.08. The van der Waals surface area contributed by atoms with Crippen molar-refractivity contribution in [3.63, 3.8) is 0 Å². The molecule has 1 aromatic rings. The predicted molar refractivity (Wildman–Crippen MR) is 103 cm³/mol. The number of carbonyl (C=O) groups is 1. The molecule has 1 aliphatic rings. The first-order valence-electron chi connectivity index (χ1n) is 8.61. The molecule has 0 spiro atoms. The lowest BCUT2D eigenvalue weighted by atomic mass is 9.98. The van der Waals surface area contributed by atoms with Crippen LogP contribution in [0.1, 0.15) is 33.6 Å². The second kappa shape index (κ2) is 8.53. The van der Waals surface area contributed by atoms with Gasteiger partial charge in [0.15, 0.2) is 10.9 Å². The highest BCUT2D eigenvalue weighted by atomic mass is 32.1. The SMILES string of the molecule is CC(C)(C)OC(=O)N1CCC(COc2cccc(F)c2NC(N)=S)CC1. The van der Waals surface area contributed by atoms with Gasteiger partial charge in [-0.1, -0.05) is 6.07 Å². The van der Waals surface area contributed by atoms with Crippen molar-refractivity contribution in [1.29, 1.82) is 0 Å². The number of piperidine rings is 1. The molecule has 1 amide bonds. The van der Waals surface area contributed by atoms with Crippen LogP contribution in [0, 0.1) is 11.7 Å². The standard InChI is InChI=1S/C18H26FN3O3S/c1-18(2,3)25-17(23)22-9-7-12(8-10-22)11-24-14-6-4-5-13(19)15(14)21-16(20)26/h4-6,12H,7-11H2,1-3H3,(H3,20,21,26). The van der Waals surface area contributed by atoms with Gasteiger partial charge in [0.05, 0.1) is 6.61 Å². The Morgan fingerprint density at radius 2 is 2.04 bits per heavy atom. The van der Waals surface area contributed by atoms with Crippen molar-refractivity contribution < 1.29 is 18.7 Å². The maximum Gasteiger partial charge on any atom is 0.410 e. The number of hydrogen-bond donors (Lipinski definition) is 2. The van der Waals surface area contributed by atoms with Crippen LogP contribution in [0.4, 0.5) is 14.9 Å². The monoisotopic (exact) mass is 383 g/mol. The summed E-state index contributed by atoms with van der Waals surface area (Å²) in [6.07, 6.45) is 1.31. The molecule has 0 aliphatic carbocycles. The minimum Gasteiger partial charge on any atom is -0.491 e. The van der Waals surface area contributed by atoms with Crippen LogP contribution in [0.15, 0.2) is 18.2 Å².